The number of hydrogen-bond acceptors (Lipinski definition) is 2. The molecule has 0 aromatic heterocycles. The average molecular weight is 270 g/mol. The lowest BCUT2D eigenvalue weighted by Gasteiger charge is -2.13. The summed E-state index contributed by atoms with van der Waals surface area (Å²) in [6.45, 7) is 2.97. The van der Waals surface area contributed by atoms with Gasteiger partial charge in [0.2, 0.25) is 0 Å². The minimum atomic E-state index is -0.192. The number of hydroxylamine groups is 2. The van der Waals surface area contributed by atoms with Gasteiger partial charge in [0.05, 0.1) is 13.2 Å². The SMILES string of the molecule is Cc1ccc(CN2OCC(Br)C2=O)cc1. The van der Waals surface area contributed by atoms with Gasteiger partial charge in [-0.2, -0.15) is 0 Å². The molecular formula is C11H12BrNO2. The van der Waals surface area contributed by atoms with Crippen molar-refractivity contribution in [2.24, 2.45) is 0 Å². The Hall–Kier alpha value is -0.870. The largest absolute Gasteiger partial charge is 0.271 e. The summed E-state index contributed by atoms with van der Waals surface area (Å²) in [6.07, 6.45) is 0. The Balaban J connectivity index is 2.03. The first-order valence-corrected chi connectivity index (χ1v) is 5.72. The number of rotatable bonds is 2. The van der Waals surface area contributed by atoms with Crippen LogP contribution in [0.1, 0.15) is 11.1 Å². The van der Waals surface area contributed by atoms with Gasteiger partial charge < -0.3 is 0 Å². The third-order valence-corrected chi connectivity index (χ3v) is 2.99. The van der Waals surface area contributed by atoms with E-state index in [-0.39, 0.29) is 10.7 Å². The summed E-state index contributed by atoms with van der Waals surface area (Å²) < 4.78 is 0. The molecule has 80 valence electrons. The Bertz CT molecular complexity index is 363. The summed E-state index contributed by atoms with van der Waals surface area (Å²) in [4.78, 5) is 16.6. The lowest BCUT2D eigenvalue weighted by molar-refractivity contribution is -0.164. The summed E-state index contributed by atoms with van der Waals surface area (Å²) >= 11 is 3.25. The van der Waals surface area contributed by atoms with Gasteiger partial charge in [0, 0.05) is 0 Å². The Morgan fingerprint density at radius 2 is 2.13 bits per heavy atom. The standard InChI is InChI=1S/C11H12BrNO2/c1-8-2-4-9(5-3-8)6-13-11(14)10(12)7-15-13/h2-5,10H,6-7H2,1H3. The van der Waals surface area contributed by atoms with E-state index in [0.29, 0.717) is 13.2 Å². The number of amides is 1. The number of halogens is 1. The predicted molar refractivity (Wildman–Crippen MR) is 60.4 cm³/mol. The first kappa shape index (κ1) is 10.6. The molecule has 1 aromatic carbocycles. The highest BCUT2D eigenvalue weighted by Crippen LogP contribution is 2.18. The third kappa shape index (κ3) is 2.38. The second kappa shape index (κ2) is 4.33. The fraction of sp³-hybridized carbons (Fsp3) is 0.364. The van der Waals surface area contributed by atoms with Gasteiger partial charge in [-0.15, -0.1) is 0 Å². The van der Waals surface area contributed by atoms with Gasteiger partial charge in [-0.3, -0.25) is 9.63 Å². The number of nitrogens with zero attached hydrogens (tertiary/aromatic N) is 1. The summed E-state index contributed by atoms with van der Waals surface area (Å²) in [5.74, 6) is -0.00410. The van der Waals surface area contributed by atoms with Gasteiger partial charge in [0.15, 0.2) is 0 Å². The molecule has 0 spiro atoms. The smallest absolute Gasteiger partial charge is 0.262 e. The molecule has 1 aliphatic heterocycles. The molecule has 1 saturated heterocycles. The molecule has 2 rings (SSSR count). The van der Waals surface area contributed by atoms with Crippen LogP contribution in [0.15, 0.2) is 24.3 Å². The molecule has 1 atom stereocenters. The summed E-state index contributed by atoms with van der Waals surface area (Å²) in [5, 5.41) is 1.41. The molecule has 0 N–H and O–H groups in total. The first-order chi connectivity index (χ1) is 7.16. The zero-order valence-electron chi connectivity index (χ0n) is 8.44. The monoisotopic (exact) mass is 269 g/mol. The average Bonchev–Trinajstić information content (AvgIpc) is 2.53. The van der Waals surface area contributed by atoms with Crippen molar-refractivity contribution >= 4 is 21.8 Å². The van der Waals surface area contributed by atoms with E-state index in [0.717, 1.165) is 5.56 Å². The highest BCUT2D eigenvalue weighted by atomic mass is 79.9. The minimum Gasteiger partial charge on any atom is -0.271 e. The van der Waals surface area contributed by atoms with Crippen LogP contribution < -0.4 is 0 Å². The molecule has 15 heavy (non-hydrogen) atoms. The molecule has 1 aliphatic rings. The van der Waals surface area contributed by atoms with Crippen molar-refractivity contribution in [3.8, 4) is 0 Å². The molecule has 0 aliphatic carbocycles. The third-order valence-electron chi connectivity index (χ3n) is 2.34. The molecule has 1 fully saturated rings. The van der Waals surface area contributed by atoms with E-state index in [1.165, 1.54) is 10.6 Å². The van der Waals surface area contributed by atoms with E-state index in [4.69, 9.17) is 4.84 Å². The fourth-order valence-electron chi connectivity index (χ4n) is 1.43. The molecular weight excluding hydrogens is 258 g/mol. The molecule has 0 saturated carbocycles. The van der Waals surface area contributed by atoms with Crippen molar-refractivity contribution in [2.45, 2.75) is 18.3 Å². The normalized spacial score (nSPS) is 21.1. The highest BCUT2D eigenvalue weighted by molar-refractivity contribution is 9.10. The molecule has 0 bridgehead atoms. The zero-order chi connectivity index (χ0) is 10.8. The number of carbonyl (C=O) groups excluding carboxylic acids is 1. The Kier molecular flexibility index (Phi) is 3.07. The van der Waals surface area contributed by atoms with E-state index >= 15 is 0 Å². The second-order valence-electron chi connectivity index (χ2n) is 3.62. The number of alkyl halides is 1. The Labute approximate surface area is 97.1 Å². The van der Waals surface area contributed by atoms with E-state index in [1.807, 2.05) is 31.2 Å². The van der Waals surface area contributed by atoms with Gasteiger partial charge in [-0.1, -0.05) is 45.8 Å². The topological polar surface area (TPSA) is 29.5 Å². The van der Waals surface area contributed by atoms with Crippen LogP contribution in [0.25, 0.3) is 0 Å². The van der Waals surface area contributed by atoms with Crippen molar-refractivity contribution in [3.63, 3.8) is 0 Å². The lowest BCUT2D eigenvalue weighted by Crippen LogP contribution is -2.25. The molecule has 1 aromatic rings. The second-order valence-corrected chi connectivity index (χ2v) is 4.73. The van der Waals surface area contributed by atoms with Crippen molar-refractivity contribution < 1.29 is 9.63 Å². The van der Waals surface area contributed by atoms with Gasteiger partial charge in [-0.25, -0.2) is 5.06 Å². The van der Waals surface area contributed by atoms with Crippen LogP contribution in [-0.2, 0) is 16.2 Å². The number of benzene rings is 1. The lowest BCUT2D eigenvalue weighted by atomic mass is 10.1. The van der Waals surface area contributed by atoms with Crippen LogP contribution in [0.5, 0.6) is 0 Å². The summed E-state index contributed by atoms with van der Waals surface area (Å²) in [6, 6.07) is 8.07. The van der Waals surface area contributed by atoms with Crippen LogP contribution in [0.3, 0.4) is 0 Å². The van der Waals surface area contributed by atoms with Crippen molar-refractivity contribution in [1.82, 2.24) is 5.06 Å². The van der Waals surface area contributed by atoms with E-state index in [1.54, 1.807) is 0 Å². The molecule has 3 nitrogen and oxygen atoms in total. The van der Waals surface area contributed by atoms with Crippen LogP contribution in [0.2, 0.25) is 0 Å². The predicted octanol–water partition coefficient (Wildman–Crippen LogP) is 2.03. The molecule has 0 radical (unpaired) electrons. The fourth-order valence-corrected chi connectivity index (χ4v) is 1.78. The van der Waals surface area contributed by atoms with Gasteiger partial charge in [0.25, 0.3) is 5.91 Å². The van der Waals surface area contributed by atoms with Crippen molar-refractivity contribution in [3.05, 3.63) is 35.4 Å². The maximum Gasteiger partial charge on any atom is 0.262 e. The number of aryl methyl sites for hydroxylation is 1. The quantitative estimate of drug-likeness (QED) is 0.769. The van der Waals surface area contributed by atoms with Crippen LogP contribution in [0.4, 0.5) is 0 Å². The highest BCUT2D eigenvalue weighted by Gasteiger charge is 2.30. The Morgan fingerprint density at radius 3 is 2.67 bits per heavy atom. The van der Waals surface area contributed by atoms with Crippen molar-refractivity contribution in [2.75, 3.05) is 6.61 Å². The van der Waals surface area contributed by atoms with Crippen molar-refractivity contribution in [1.29, 1.82) is 0 Å². The van der Waals surface area contributed by atoms with Crippen LogP contribution in [0, 0.1) is 6.92 Å². The van der Waals surface area contributed by atoms with E-state index < -0.39 is 0 Å². The van der Waals surface area contributed by atoms with Crippen LogP contribution in [-0.4, -0.2) is 22.4 Å². The van der Waals surface area contributed by atoms with Gasteiger partial charge in [-0.05, 0) is 12.5 Å². The zero-order valence-corrected chi connectivity index (χ0v) is 10.0. The van der Waals surface area contributed by atoms with Gasteiger partial charge >= 0.3 is 0 Å². The Morgan fingerprint density at radius 1 is 1.47 bits per heavy atom. The first-order valence-electron chi connectivity index (χ1n) is 4.81. The summed E-state index contributed by atoms with van der Waals surface area (Å²) in [5.41, 5.74) is 2.29. The number of hydrogen-bond donors (Lipinski definition) is 0. The summed E-state index contributed by atoms with van der Waals surface area (Å²) in [7, 11) is 0. The number of carbonyl (C=O) groups is 1. The molecule has 1 unspecified atom stereocenters. The van der Waals surface area contributed by atoms with Gasteiger partial charge in [0.1, 0.15) is 4.83 Å². The molecule has 1 heterocycles. The molecule has 1 amide bonds. The maximum absolute atomic E-state index is 11.5. The maximum atomic E-state index is 11.5. The minimum absolute atomic E-state index is 0.00410. The van der Waals surface area contributed by atoms with Crippen LogP contribution >= 0.6 is 15.9 Å². The van der Waals surface area contributed by atoms with E-state index in [2.05, 4.69) is 15.9 Å². The van der Waals surface area contributed by atoms with E-state index in [9.17, 15) is 4.79 Å². The molecule has 4 heteroatoms.